The molecule has 1 amide bonds. The summed E-state index contributed by atoms with van der Waals surface area (Å²) in [5, 5.41) is 1.17. The van der Waals surface area contributed by atoms with Crippen molar-refractivity contribution in [3.05, 3.63) is 64.6 Å². The number of aryl methyl sites for hydroxylation is 1. The molecule has 2 heterocycles. The molecule has 0 atom stereocenters. The predicted molar refractivity (Wildman–Crippen MR) is 109 cm³/mol. The minimum atomic E-state index is -3.40. The molecule has 0 spiro atoms. The Morgan fingerprint density at radius 2 is 1.70 bits per heavy atom. The van der Waals surface area contributed by atoms with Crippen LogP contribution in [0.5, 0.6) is 0 Å². The molecule has 142 valence electrons. The molecular formula is C20H21ClN2O3S. The van der Waals surface area contributed by atoms with E-state index in [-0.39, 0.29) is 23.2 Å². The van der Waals surface area contributed by atoms with Crippen LogP contribution >= 0.6 is 12.4 Å². The Morgan fingerprint density at radius 1 is 1.00 bits per heavy atom. The lowest BCUT2D eigenvalue weighted by molar-refractivity contribution is 0.0746. The Labute approximate surface area is 165 Å². The maximum absolute atomic E-state index is 12.9. The second-order valence-electron chi connectivity index (χ2n) is 6.68. The van der Waals surface area contributed by atoms with Gasteiger partial charge >= 0.3 is 0 Å². The smallest absolute Gasteiger partial charge is 0.254 e. The molecule has 0 bridgehead atoms. The van der Waals surface area contributed by atoms with Gasteiger partial charge in [0.2, 0.25) is 0 Å². The SMILES string of the molecule is Cc1cccc(N2CCN(C(=O)c3cccc4c3C=CS4(=O)=O)CC2)c1.Cl. The van der Waals surface area contributed by atoms with Gasteiger partial charge in [0.1, 0.15) is 0 Å². The number of anilines is 1. The molecule has 27 heavy (non-hydrogen) atoms. The van der Waals surface area contributed by atoms with Crippen LogP contribution in [0.2, 0.25) is 0 Å². The van der Waals surface area contributed by atoms with E-state index >= 15 is 0 Å². The van der Waals surface area contributed by atoms with E-state index in [2.05, 4.69) is 30.0 Å². The van der Waals surface area contributed by atoms with Crippen LogP contribution in [0.4, 0.5) is 5.69 Å². The van der Waals surface area contributed by atoms with E-state index in [0.717, 1.165) is 13.1 Å². The summed E-state index contributed by atoms with van der Waals surface area (Å²) < 4.78 is 24.0. The lowest BCUT2D eigenvalue weighted by atomic mass is 10.1. The Bertz CT molecular complexity index is 1010. The first kappa shape index (κ1) is 19.5. The van der Waals surface area contributed by atoms with Crippen LogP contribution < -0.4 is 4.90 Å². The highest BCUT2D eigenvalue weighted by Gasteiger charge is 2.28. The van der Waals surface area contributed by atoms with Crippen molar-refractivity contribution in [1.82, 2.24) is 4.90 Å². The molecule has 2 aliphatic heterocycles. The van der Waals surface area contributed by atoms with Crippen molar-refractivity contribution in [3.63, 3.8) is 0 Å². The first-order valence-corrected chi connectivity index (χ1v) is 10.2. The van der Waals surface area contributed by atoms with Crippen LogP contribution in [0.25, 0.3) is 6.08 Å². The van der Waals surface area contributed by atoms with E-state index in [1.54, 1.807) is 23.1 Å². The summed E-state index contributed by atoms with van der Waals surface area (Å²) in [7, 11) is -3.40. The monoisotopic (exact) mass is 404 g/mol. The first-order valence-electron chi connectivity index (χ1n) is 8.63. The second-order valence-corrected chi connectivity index (χ2v) is 8.49. The van der Waals surface area contributed by atoms with Crippen molar-refractivity contribution in [2.24, 2.45) is 0 Å². The summed E-state index contributed by atoms with van der Waals surface area (Å²) in [4.78, 5) is 17.3. The van der Waals surface area contributed by atoms with E-state index in [1.807, 2.05) is 6.07 Å². The fourth-order valence-electron chi connectivity index (χ4n) is 3.54. The van der Waals surface area contributed by atoms with Gasteiger partial charge in [0.05, 0.1) is 4.90 Å². The first-order chi connectivity index (χ1) is 12.5. The molecule has 1 fully saturated rings. The van der Waals surface area contributed by atoms with Gasteiger partial charge in [0.25, 0.3) is 5.91 Å². The average molecular weight is 405 g/mol. The van der Waals surface area contributed by atoms with E-state index in [9.17, 15) is 13.2 Å². The Hall–Kier alpha value is -2.31. The molecule has 1 saturated heterocycles. The van der Waals surface area contributed by atoms with E-state index in [0.29, 0.717) is 24.2 Å². The third-order valence-electron chi connectivity index (χ3n) is 4.95. The second kappa shape index (κ2) is 7.37. The van der Waals surface area contributed by atoms with Crippen molar-refractivity contribution >= 4 is 39.9 Å². The van der Waals surface area contributed by atoms with E-state index in [1.165, 1.54) is 22.7 Å². The van der Waals surface area contributed by atoms with Crippen LogP contribution in [-0.2, 0) is 9.84 Å². The van der Waals surface area contributed by atoms with Gasteiger partial charge in [0.15, 0.2) is 9.84 Å². The number of hydrogen-bond acceptors (Lipinski definition) is 4. The summed E-state index contributed by atoms with van der Waals surface area (Å²) in [5.41, 5.74) is 3.36. The molecule has 0 radical (unpaired) electrons. The van der Waals surface area contributed by atoms with Crippen molar-refractivity contribution < 1.29 is 13.2 Å². The lowest BCUT2D eigenvalue weighted by Gasteiger charge is -2.36. The van der Waals surface area contributed by atoms with E-state index in [4.69, 9.17) is 0 Å². The van der Waals surface area contributed by atoms with Crippen molar-refractivity contribution in [2.75, 3.05) is 31.1 Å². The number of sulfone groups is 1. The number of hydrogen-bond donors (Lipinski definition) is 0. The number of nitrogens with zero attached hydrogens (tertiary/aromatic N) is 2. The zero-order valence-corrected chi connectivity index (χ0v) is 16.6. The van der Waals surface area contributed by atoms with Gasteiger partial charge in [-0.1, -0.05) is 18.2 Å². The summed E-state index contributed by atoms with van der Waals surface area (Å²) in [6.07, 6.45) is 1.53. The highest BCUT2D eigenvalue weighted by atomic mass is 35.5. The molecule has 0 N–H and O–H groups in total. The maximum Gasteiger partial charge on any atom is 0.254 e. The minimum absolute atomic E-state index is 0. The van der Waals surface area contributed by atoms with Crippen molar-refractivity contribution in [1.29, 1.82) is 0 Å². The lowest BCUT2D eigenvalue weighted by Crippen LogP contribution is -2.49. The molecule has 0 saturated carbocycles. The highest BCUT2D eigenvalue weighted by Crippen LogP contribution is 2.30. The minimum Gasteiger partial charge on any atom is -0.368 e. The number of amides is 1. The van der Waals surface area contributed by atoms with Gasteiger partial charge in [-0.05, 0) is 42.8 Å². The Balaban J connectivity index is 0.00000210. The molecule has 0 unspecified atom stereocenters. The van der Waals surface area contributed by atoms with Gasteiger partial charge in [0, 0.05) is 48.4 Å². The van der Waals surface area contributed by atoms with Crippen LogP contribution in [-0.4, -0.2) is 45.4 Å². The number of carbonyl (C=O) groups excluding carboxylic acids is 1. The van der Waals surface area contributed by atoms with Gasteiger partial charge in [-0.15, -0.1) is 12.4 Å². The summed E-state index contributed by atoms with van der Waals surface area (Å²) in [6, 6.07) is 13.3. The third kappa shape index (κ3) is 3.59. The zero-order valence-electron chi connectivity index (χ0n) is 15.0. The zero-order chi connectivity index (χ0) is 18.3. The van der Waals surface area contributed by atoms with Gasteiger partial charge in [-0.3, -0.25) is 4.79 Å². The van der Waals surface area contributed by atoms with Crippen LogP contribution in [0.15, 0.2) is 52.8 Å². The molecule has 4 rings (SSSR count). The highest BCUT2D eigenvalue weighted by molar-refractivity contribution is 7.94. The molecule has 2 aromatic carbocycles. The van der Waals surface area contributed by atoms with Gasteiger partial charge in [-0.25, -0.2) is 8.42 Å². The molecule has 0 aliphatic carbocycles. The normalized spacial score (nSPS) is 17.4. The van der Waals surface area contributed by atoms with E-state index < -0.39 is 9.84 Å². The third-order valence-corrected chi connectivity index (χ3v) is 6.41. The van der Waals surface area contributed by atoms with Gasteiger partial charge < -0.3 is 9.80 Å². The molecule has 0 aromatic heterocycles. The van der Waals surface area contributed by atoms with Crippen LogP contribution in [0, 0.1) is 6.92 Å². The van der Waals surface area contributed by atoms with Crippen molar-refractivity contribution in [3.8, 4) is 0 Å². The maximum atomic E-state index is 12.9. The number of benzene rings is 2. The number of rotatable bonds is 2. The number of piperazine rings is 1. The fourth-order valence-corrected chi connectivity index (χ4v) is 4.76. The summed E-state index contributed by atoms with van der Waals surface area (Å²) >= 11 is 0. The number of halogens is 1. The molecule has 2 aliphatic rings. The standard InChI is InChI=1S/C20H20N2O3S.ClH/c1-15-4-2-5-16(14-15)21-9-11-22(12-10-21)20(23)18-6-3-7-19-17(18)8-13-26(19,24)25;/h2-8,13-14H,9-12H2,1H3;1H. The molecule has 5 nitrogen and oxygen atoms in total. The molecule has 7 heteroatoms. The Kier molecular flexibility index (Phi) is 5.31. The summed E-state index contributed by atoms with van der Waals surface area (Å²) in [5.74, 6) is -0.104. The van der Waals surface area contributed by atoms with Crippen LogP contribution in [0.1, 0.15) is 21.5 Å². The Morgan fingerprint density at radius 3 is 2.41 bits per heavy atom. The van der Waals surface area contributed by atoms with Gasteiger partial charge in [-0.2, -0.15) is 0 Å². The van der Waals surface area contributed by atoms with Crippen molar-refractivity contribution in [2.45, 2.75) is 11.8 Å². The average Bonchev–Trinajstić information content (AvgIpc) is 2.96. The number of fused-ring (bicyclic) bond motifs is 1. The summed E-state index contributed by atoms with van der Waals surface area (Å²) in [6.45, 7) is 4.83. The number of carbonyl (C=O) groups is 1. The largest absolute Gasteiger partial charge is 0.368 e. The fraction of sp³-hybridized carbons (Fsp3) is 0.250. The predicted octanol–water partition coefficient (Wildman–Crippen LogP) is 3.14. The van der Waals surface area contributed by atoms with Crippen LogP contribution in [0.3, 0.4) is 0 Å². The quantitative estimate of drug-likeness (QED) is 0.771. The molecular weight excluding hydrogens is 384 g/mol. The topological polar surface area (TPSA) is 57.7 Å². The molecule has 2 aromatic rings.